The number of aromatic nitrogens is 2. The average molecular weight is 551 g/mol. The molecule has 5 rings (SSSR count). The molecule has 2 N–H and O–H groups in total. The number of piperidine rings is 1. The number of ether oxygens (including phenoxy) is 1. The second-order valence-corrected chi connectivity index (χ2v) is 12.8. The maximum atomic E-state index is 5.80. The van der Waals surface area contributed by atoms with Crippen molar-refractivity contribution < 1.29 is 4.74 Å². The number of thioether (sulfide) groups is 1. The van der Waals surface area contributed by atoms with Crippen LogP contribution in [0, 0.1) is 0 Å². The van der Waals surface area contributed by atoms with Gasteiger partial charge in [0.2, 0.25) is 5.95 Å². The van der Waals surface area contributed by atoms with Gasteiger partial charge in [-0.2, -0.15) is 4.98 Å². The molecule has 1 aliphatic heterocycles. The SMILES string of the molecule is COc1cc(N2CCC(N(C)C)CC2)ccc1Nc1nc(NC2=CCCC=C2SC(C)C)c2sccc2n1. The molecule has 9 heteroatoms. The van der Waals surface area contributed by atoms with Gasteiger partial charge in [-0.15, -0.1) is 23.1 Å². The molecule has 0 radical (unpaired) electrons. The van der Waals surface area contributed by atoms with Crippen molar-refractivity contribution >= 4 is 56.5 Å². The molecule has 0 amide bonds. The summed E-state index contributed by atoms with van der Waals surface area (Å²) >= 11 is 3.55. The van der Waals surface area contributed by atoms with Gasteiger partial charge in [-0.1, -0.05) is 26.0 Å². The zero-order chi connectivity index (χ0) is 26.6. The number of rotatable bonds is 9. The molecule has 0 spiro atoms. The molecule has 2 aliphatic rings. The van der Waals surface area contributed by atoms with Crippen LogP contribution in [0.3, 0.4) is 0 Å². The van der Waals surface area contributed by atoms with E-state index in [1.54, 1.807) is 18.4 Å². The van der Waals surface area contributed by atoms with Gasteiger partial charge in [-0.05, 0) is 63.4 Å². The molecule has 1 aliphatic carbocycles. The molecule has 38 heavy (non-hydrogen) atoms. The van der Waals surface area contributed by atoms with Crippen LogP contribution in [-0.2, 0) is 0 Å². The van der Waals surface area contributed by atoms with E-state index in [4.69, 9.17) is 14.7 Å². The third-order valence-corrected chi connectivity index (χ3v) is 9.04. The Kier molecular flexibility index (Phi) is 8.45. The Balaban J connectivity index is 1.37. The van der Waals surface area contributed by atoms with Gasteiger partial charge in [0.1, 0.15) is 5.75 Å². The monoisotopic (exact) mass is 550 g/mol. The third-order valence-electron chi connectivity index (χ3n) is 7.02. The van der Waals surface area contributed by atoms with Crippen molar-refractivity contribution in [3.8, 4) is 5.75 Å². The zero-order valence-corrected chi connectivity index (χ0v) is 24.6. The number of nitrogens with one attached hydrogen (secondary N) is 2. The Morgan fingerprint density at radius 1 is 1.08 bits per heavy atom. The van der Waals surface area contributed by atoms with Gasteiger partial charge in [0.05, 0.1) is 23.0 Å². The fourth-order valence-electron chi connectivity index (χ4n) is 5.00. The van der Waals surface area contributed by atoms with Crippen LogP contribution in [0.1, 0.15) is 39.5 Å². The first-order chi connectivity index (χ1) is 18.4. The molecular formula is C29H38N6OS2. The molecule has 1 aromatic carbocycles. The number of thiophene rings is 1. The summed E-state index contributed by atoms with van der Waals surface area (Å²) in [5.41, 5.74) is 4.10. The lowest BCUT2D eigenvalue weighted by Gasteiger charge is -2.36. The zero-order valence-electron chi connectivity index (χ0n) is 23.0. The summed E-state index contributed by atoms with van der Waals surface area (Å²) in [6.07, 6.45) is 9.06. The predicted octanol–water partition coefficient (Wildman–Crippen LogP) is 7.09. The minimum Gasteiger partial charge on any atom is -0.494 e. The van der Waals surface area contributed by atoms with Gasteiger partial charge in [-0.3, -0.25) is 0 Å². The second kappa shape index (κ2) is 12.0. The molecule has 1 saturated heterocycles. The number of hydrogen-bond donors (Lipinski definition) is 2. The van der Waals surface area contributed by atoms with Gasteiger partial charge in [-0.25, -0.2) is 4.98 Å². The van der Waals surface area contributed by atoms with Crippen LogP contribution in [-0.4, -0.2) is 60.5 Å². The first kappa shape index (κ1) is 26.8. The van der Waals surface area contributed by atoms with E-state index in [0.29, 0.717) is 17.2 Å². The van der Waals surface area contributed by atoms with Crippen LogP contribution in [0.2, 0.25) is 0 Å². The molecule has 202 valence electrons. The van der Waals surface area contributed by atoms with E-state index in [9.17, 15) is 0 Å². The summed E-state index contributed by atoms with van der Waals surface area (Å²) in [6, 6.07) is 9.06. The number of hydrogen-bond acceptors (Lipinski definition) is 9. The smallest absolute Gasteiger partial charge is 0.229 e. The molecule has 1 fully saturated rings. The first-order valence-corrected chi connectivity index (χ1v) is 15.1. The van der Waals surface area contributed by atoms with Crippen molar-refractivity contribution in [2.45, 2.75) is 50.8 Å². The van der Waals surface area contributed by atoms with Crippen molar-refractivity contribution in [3.05, 3.63) is 52.4 Å². The van der Waals surface area contributed by atoms with E-state index in [1.807, 2.05) is 17.8 Å². The van der Waals surface area contributed by atoms with Crippen LogP contribution in [0.4, 0.5) is 23.1 Å². The topological polar surface area (TPSA) is 65.6 Å². The minimum atomic E-state index is 0.517. The Morgan fingerprint density at radius 3 is 2.61 bits per heavy atom. The highest BCUT2D eigenvalue weighted by atomic mass is 32.2. The Morgan fingerprint density at radius 2 is 1.87 bits per heavy atom. The largest absolute Gasteiger partial charge is 0.494 e. The number of methoxy groups -OCH3 is 1. The lowest BCUT2D eigenvalue weighted by molar-refractivity contribution is 0.249. The lowest BCUT2D eigenvalue weighted by atomic mass is 10.0. The van der Waals surface area contributed by atoms with Gasteiger partial charge < -0.3 is 25.2 Å². The molecule has 0 unspecified atom stereocenters. The third kappa shape index (κ3) is 6.11. The van der Waals surface area contributed by atoms with Crippen LogP contribution in [0.5, 0.6) is 5.75 Å². The van der Waals surface area contributed by atoms with Gasteiger partial charge >= 0.3 is 0 Å². The van der Waals surface area contributed by atoms with E-state index in [2.05, 4.69) is 84.1 Å². The van der Waals surface area contributed by atoms with E-state index in [1.165, 1.54) is 23.4 Å². The van der Waals surface area contributed by atoms with Crippen molar-refractivity contribution in [1.82, 2.24) is 14.9 Å². The number of anilines is 4. The maximum Gasteiger partial charge on any atom is 0.229 e. The number of allylic oxidation sites excluding steroid dienone is 2. The molecule has 2 aromatic heterocycles. The van der Waals surface area contributed by atoms with Crippen LogP contribution in [0.25, 0.3) is 10.2 Å². The summed E-state index contributed by atoms with van der Waals surface area (Å²) in [5, 5.41) is 9.65. The van der Waals surface area contributed by atoms with Crippen LogP contribution in [0.15, 0.2) is 52.4 Å². The molecule has 3 aromatic rings. The number of benzene rings is 1. The highest BCUT2D eigenvalue weighted by Gasteiger charge is 2.22. The Labute approximate surface area is 234 Å². The fraction of sp³-hybridized carbons (Fsp3) is 0.448. The highest BCUT2D eigenvalue weighted by molar-refractivity contribution is 8.03. The average Bonchev–Trinajstić information content (AvgIpc) is 3.39. The number of fused-ring (bicyclic) bond motifs is 1. The molecule has 0 bridgehead atoms. The number of nitrogens with zero attached hydrogens (tertiary/aromatic N) is 4. The minimum absolute atomic E-state index is 0.517. The van der Waals surface area contributed by atoms with Crippen molar-refractivity contribution in [2.24, 2.45) is 0 Å². The van der Waals surface area contributed by atoms with E-state index in [-0.39, 0.29) is 0 Å². The molecule has 0 saturated carbocycles. The van der Waals surface area contributed by atoms with Crippen molar-refractivity contribution in [1.29, 1.82) is 0 Å². The van der Waals surface area contributed by atoms with Gasteiger partial charge in [0, 0.05) is 46.7 Å². The normalized spacial score (nSPS) is 16.7. The van der Waals surface area contributed by atoms with E-state index < -0.39 is 0 Å². The lowest BCUT2D eigenvalue weighted by Crippen LogP contribution is -2.41. The summed E-state index contributed by atoms with van der Waals surface area (Å²) in [7, 11) is 6.06. The quantitative estimate of drug-likeness (QED) is 0.293. The Bertz CT molecular complexity index is 1320. The molecule has 3 heterocycles. The second-order valence-electron chi connectivity index (χ2n) is 10.3. The molecular weight excluding hydrogens is 512 g/mol. The highest BCUT2D eigenvalue weighted by Crippen LogP contribution is 2.37. The Hall–Kier alpha value is -2.75. The van der Waals surface area contributed by atoms with Gasteiger partial charge in [0.15, 0.2) is 5.82 Å². The molecule has 7 nitrogen and oxygen atoms in total. The summed E-state index contributed by atoms with van der Waals surface area (Å²) in [5.74, 6) is 2.17. The van der Waals surface area contributed by atoms with E-state index >= 15 is 0 Å². The fourth-order valence-corrected chi connectivity index (χ4v) is 6.76. The van der Waals surface area contributed by atoms with E-state index in [0.717, 1.165) is 59.1 Å². The summed E-state index contributed by atoms with van der Waals surface area (Å²) in [6.45, 7) is 6.55. The summed E-state index contributed by atoms with van der Waals surface area (Å²) < 4.78 is 6.85. The standard InChI is InChI=1S/C29H38N6OS2/c1-19(2)38-26-9-7-6-8-23(26)30-28-27-24(14-17-37-27)32-29(33-28)31-22-11-10-21(18-25(22)36-5)35-15-12-20(13-16-35)34(3)4/h8-11,14,17-20H,6-7,12-13,15-16H2,1-5H3,(H2,30,31,32,33). The van der Waals surface area contributed by atoms with Crippen LogP contribution < -0.4 is 20.3 Å². The molecule has 0 atom stereocenters. The predicted molar refractivity (Wildman–Crippen MR) is 164 cm³/mol. The van der Waals surface area contributed by atoms with Crippen molar-refractivity contribution in [2.75, 3.05) is 49.8 Å². The van der Waals surface area contributed by atoms with Crippen LogP contribution >= 0.6 is 23.1 Å². The first-order valence-electron chi connectivity index (χ1n) is 13.4. The van der Waals surface area contributed by atoms with Crippen molar-refractivity contribution in [3.63, 3.8) is 0 Å². The summed E-state index contributed by atoms with van der Waals surface area (Å²) in [4.78, 5) is 15.8. The maximum absolute atomic E-state index is 5.80. The van der Waals surface area contributed by atoms with Gasteiger partial charge in [0.25, 0.3) is 0 Å².